The third kappa shape index (κ3) is 5.01. The normalized spacial score (nSPS) is 30.2. The zero-order valence-electron chi connectivity index (χ0n) is 11.6. The molecule has 0 aromatic rings. The van der Waals surface area contributed by atoms with Crippen molar-refractivity contribution in [3.05, 3.63) is 0 Å². The van der Waals surface area contributed by atoms with Crippen LogP contribution in [0.25, 0.3) is 0 Å². The molecule has 0 amide bonds. The molecule has 2 aliphatic heterocycles. The number of hydrogen-bond acceptors (Lipinski definition) is 1. The Kier molecular flexibility index (Phi) is 9.18. The fourth-order valence-corrected chi connectivity index (χ4v) is 2.60. The highest BCUT2D eigenvalue weighted by Crippen LogP contribution is 2.28. The van der Waals surface area contributed by atoms with E-state index in [-0.39, 0.29) is 0 Å². The molecule has 0 aliphatic carbocycles. The highest BCUT2D eigenvalue weighted by atomic mass is 15.2. The maximum Gasteiger partial charge on any atom is 0.00954 e. The molecule has 0 N–H and O–H groups in total. The van der Waals surface area contributed by atoms with Crippen LogP contribution >= 0.6 is 0 Å². The number of fused-ring (bicyclic) bond motifs is 1. The molecule has 1 heteroatoms. The molecule has 92 valence electrons. The van der Waals surface area contributed by atoms with Crippen molar-refractivity contribution < 1.29 is 0 Å². The Labute approximate surface area is 97.2 Å². The fraction of sp³-hybridized carbons (Fsp3) is 1.00. The fourth-order valence-electron chi connectivity index (χ4n) is 2.60. The monoisotopic (exact) mass is 213 g/mol. The maximum absolute atomic E-state index is 2.72. The van der Waals surface area contributed by atoms with Crippen LogP contribution < -0.4 is 0 Å². The van der Waals surface area contributed by atoms with E-state index in [0.717, 1.165) is 12.0 Å². The minimum Gasteiger partial charge on any atom is -0.300 e. The van der Waals surface area contributed by atoms with E-state index in [2.05, 4.69) is 11.8 Å². The molecule has 15 heavy (non-hydrogen) atoms. The van der Waals surface area contributed by atoms with Gasteiger partial charge in [-0.3, -0.25) is 0 Å². The van der Waals surface area contributed by atoms with Gasteiger partial charge in [-0.15, -0.1) is 0 Å². The van der Waals surface area contributed by atoms with E-state index in [9.17, 15) is 0 Å². The Morgan fingerprint density at radius 1 is 0.867 bits per heavy atom. The summed E-state index contributed by atoms with van der Waals surface area (Å²) in [4.78, 5) is 2.72. The molecule has 0 aromatic carbocycles. The highest BCUT2D eigenvalue weighted by Gasteiger charge is 2.27. The van der Waals surface area contributed by atoms with Gasteiger partial charge in [0.25, 0.3) is 0 Å². The molecule has 0 radical (unpaired) electrons. The lowest BCUT2D eigenvalue weighted by Gasteiger charge is -2.41. The van der Waals surface area contributed by atoms with Gasteiger partial charge in [-0.05, 0) is 38.1 Å². The summed E-state index contributed by atoms with van der Waals surface area (Å²) in [6, 6.07) is 0.972. The van der Waals surface area contributed by atoms with Crippen LogP contribution in [0.2, 0.25) is 0 Å². The van der Waals surface area contributed by atoms with E-state index in [4.69, 9.17) is 0 Å². The predicted octanol–water partition coefficient (Wildman–Crippen LogP) is 4.32. The third-order valence-corrected chi connectivity index (χ3v) is 3.29. The van der Waals surface area contributed by atoms with E-state index in [1.807, 2.05) is 27.7 Å². The molecular weight excluding hydrogens is 182 g/mol. The Hall–Kier alpha value is -0.0400. The summed E-state index contributed by atoms with van der Waals surface area (Å²) in [5.41, 5.74) is 0. The van der Waals surface area contributed by atoms with Crippen LogP contribution in [0.5, 0.6) is 0 Å². The van der Waals surface area contributed by atoms with Crippen molar-refractivity contribution in [2.45, 2.75) is 72.8 Å². The Morgan fingerprint density at radius 3 is 2.20 bits per heavy atom. The SMILES string of the molecule is CC.CC.CC1CCC2CCCCN2C1. The van der Waals surface area contributed by atoms with E-state index >= 15 is 0 Å². The smallest absolute Gasteiger partial charge is 0.00954 e. The summed E-state index contributed by atoms with van der Waals surface area (Å²) in [5, 5.41) is 0. The van der Waals surface area contributed by atoms with Crippen molar-refractivity contribution in [3.63, 3.8) is 0 Å². The van der Waals surface area contributed by atoms with E-state index in [0.29, 0.717) is 0 Å². The van der Waals surface area contributed by atoms with Crippen LogP contribution in [-0.4, -0.2) is 24.0 Å². The van der Waals surface area contributed by atoms with Gasteiger partial charge in [0.05, 0.1) is 0 Å². The zero-order valence-corrected chi connectivity index (χ0v) is 11.6. The van der Waals surface area contributed by atoms with Crippen LogP contribution in [0.3, 0.4) is 0 Å². The molecule has 0 saturated carbocycles. The van der Waals surface area contributed by atoms with Gasteiger partial charge in [-0.2, -0.15) is 0 Å². The summed E-state index contributed by atoms with van der Waals surface area (Å²) in [5.74, 6) is 0.962. The van der Waals surface area contributed by atoms with Crippen molar-refractivity contribution in [1.82, 2.24) is 4.90 Å². The van der Waals surface area contributed by atoms with Crippen LogP contribution in [0.1, 0.15) is 66.7 Å². The molecule has 2 unspecified atom stereocenters. The molecule has 2 atom stereocenters. The molecule has 0 bridgehead atoms. The van der Waals surface area contributed by atoms with E-state index in [1.165, 1.54) is 45.2 Å². The molecule has 2 heterocycles. The van der Waals surface area contributed by atoms with Gasteiger partial charge in [-0.25, -0.2) is 0 Å². The molecule has 2 saturated heterocycles. The zero-order chi connectivity index (χ0) is 11.7. The van der Waals surface area contributed by atoms with Gasteiger partial charge >= 0.3 is 0 Å². The highest BCUT2D eigenvalue weighted by molar-refractivity contribution is 4.82. The Balaban J connectivity index is 0.000000442. The van der Waals surface area contributed by atoms with Gasteiger partial charge in [0.2, 0.25) is 0 Å². The molecule has 2 aliphatic rings. The standard InChI is InChI=1S/C10H19N.2C2H6/c1-9-5-6-10-4-2-3-7-11(10)8-9;2*1-2/h9-10H,2-8H2,1H3;2*1-2H3. The lowest BCUT2D eigenvalue weighted by molar-refractivity contribution is 0.0808. The van der Waals surface area contributed by atoms with E-state index < -0.39 is 0 Å². The second-order valence-electron chi connectivity index (χ2n) is 4.33. The average Bonchev–Trinajstić information content (AvgIpc) is 2.34. The second kappa shape index (κ2) is 9.21. The minimum absolute atomic E-state index is 0.962. The number of rotatable bonds is 0. The van der Waals surface area contributed by atoms with Crippen molar-refractivity contribution in [3.8, 4) is 0 Å². The molecular formula is C14H31N. The summed E-state index contributed by atoms with van der Waals surface area (Å²) in [6.45, 7) is 13.2. The molecule has 0 spiro atoms. The average molecular weight is 213 g/mol. The van der Waals surface area contributed by atoms with Gasteiger partial charge in [0.1, 0.15) is 0 Å². The maximum atomic E-state index is 2.72. The lowest BCUT2D eigenvalue weighted by atomic mass is 9.88. The molecule has 2 rings (SSSR count). The molecule has 1 nitrogen and oxygen atoms in total. The summed E-state index contributed by atoms with van der Waals surface area (Å²) in [6.07, 6.45) is 7.35. The molecule has 0 aromatic heterocycles. The van der Waals surface area contributed by atoms with Crippen molar-refractivity contribution >= 4 is 0 Å². The van der Waals surface area contributed by atoms with Crippen LogP contribution in [0, 0.1) is 5.92 Å². The van der Waals surface area contributed by atoms with Crippen LogP contribution in [0.15, 0.2) is 0 Å². The Morgan fingerprint density at radius 2 is 1.53 bits per heavy atom. The molecule has 2 fully saturated rings. The van der Waals surface area contributed by atoms with Crippen LogP contribution in [0.4, 0.5) is 0 Å². The first-order valence-corrected chi connectivity index (χ1v) is 7.10. The number of piperidine rings is 2. The Bertz CT molecular complexity index is 133. The summed E-state index contributed by atoms with van der Waals surface area (Å²) < 4.78 is 0. The summed E-state index contributed by atoms with van der Waals surface area (Å²) in [7, 11) is 0. The summed E-state index contributed by atoms with van der Waals surface area (Å²) >= 11 is 0. The lowest BCUT2D eigenvalue weighted by Crippen LogP contribution is -2.45. The minimum atomic E-state index is 0.962. The van der Waals surface area contributed by atoms with Gasteiger partial charge in [0.15, 0.2) is 0 Å². The van der Waals surface area contributed by atoms with Crippen molar-refractivity contribution in [1.29, 1.82) is 0 Å². The largest absolute Gasteiger partial charge is 0.300 e. The number of nitrogens with zero attached hydrogens (tertiary/aromatic N) is 1. The first-order valence-electron chi connectivity index (χ1n) is 7.10. The van der Waals surface area contributed by atoms with E-state index in [1.54, 1.807) is 0 Å². The predicted molar refractivity (Wildman–Crippen MR) is 70.3 cm³/mol. The first-order chi connectivity index (χ1) is 7.36. The van der Waals surface area contributed by atoms with Crippen LogP contribution in [-0.2, 0) is 0 Å². The number of hydrogen-bond donors (Lipinski definition) is 0. The van der Waals surface area contributed by atoms with Gasteiger partial charge in [0, 0.05) is 12.6 Å². The van der Waals surface area contributed by atoms with Gasteiger partial charge in [-0.1, -0.05) is 41.0 Å². The van der Waals surface area contributed by atoms with Crippen molar-refractivity contribution in [2.24, 2.45) is 5.92 Å². The quantitative estimate of drug-likeness (QED) is 0.579. The topological polar surface area (TPSA) is 3.24 Å². The first kappa shape index (κ1) is 15.0. The van der Waals surface area contributed by atoms with Gasteiger partial charge < -0.3 is 4.90 Å². The third-order valence-electron chi connectivity index (χ3n) is 3.29. The van der Waals surface area contributed by atoms with Crippen molar-refractivity contribution in [2.75, 3.05) is 13.1 Å². The second-order valence-corrected chi connectivity index (χ2v) is 4.33.